The molecule has 0 radical (unpaired) electrons. The molecule has 8 nitrogen and oxygen atoms in total. The summed E-state index contributed by atoms with van der Waals surface area (Å²) in [5, 5.41) is 14.1. The highest BCUT2D eigenvalue weighted by Gasteiger charge is 2.16. The highest BCUT2D eigenvalue weighted by Crippen LogP contribution is 2.22. The molecule has 0 saturated carbocycles. The Morgan fingerprint density at radius 2 is 1.97 bits per heavy atom. The summed E-state index contributed by atoms with van der Waals surface area (Å²) in [7, 11) is 1.69. The molecule has 0 aromatic carbocycles. The maximum atomic E-state index is 7.63. The van der Waals surface area contributed by atoms with Crippen LogP contribution in [0.3, 0.4) is 0 Å². The lowest BCUT2D eigenvalue weighted by Gasteiger charge is -2.23. The molecule has 7 N–H and O–H groups in total. The fraction of sp³-hybridized carbons (Fsp3) is 0.0476. The molecule has 0 fully saturated rings. The molecule has 0 saturated heterocycles. The Kier molecular flexibility index (Phi) is 6.16. The van der Waals surface area contributed by atoms with Crippen LogP contribution in [0.2, 0.25) is 0 Å². The van der Waals surface area contributed by atoms with Gasteiger partial charge in [0.1, 0.15) is 11.7 Å². The number of nitrogens with zero attached hydrogens (tertiary/aromatic N) is 3. The zero-order chi connectivity index (χ0) is 20.6. The normalized spacial score (nSPS) is 17.3. The summed E-state index contributed by atoms with van der Waals surface area (Å²) in [6.07, 6.45) is 17.0. The van der Waals surface area contributed by atoms with E-state index in [1.54, 1.807) is 31.7 Å². The van der Waals surface area contributed by atoms with Crippen molar-refractivity contribution in [3.05, 3.63) is 95.2 Å². The van der Waals surface area contributed by atoms with Crippen LogP contribution in [0.4, 0.5) is 0 Å². The Hall–Kier alpha value is -4.20. The van der Waals surface area contributed by atoms with Gasteiger partial charge >= 0.3 is 0 Å². The third kappa shape index (κ3) is 4.75. The third-order valence-electron chi connectivity index (χ3n) is 4.15. The van der Waals surface area contributed by atoms with Crippen molar-refractivity contribution in [2.75, 3.05) is 7.05 Å². The van der Waals surface area contributed by atoms with E-state index in [0.29, 0.717) is 11.4 Å². The molecular formula is C21H22N8. The summed E-state index contributed by atoms with van der Waals surface area (Å²) in [4.78, 5) is 12.4. The Balaban J connectivity index is 1.82. The number of hydrogen-bond donors (Lipinski definition) is 5. The summed E-state index contributed by atoms with van der Waals surface area (Å²) in [6, 6.07) is 3.62. The molecule has 0 aliphatic carbocycles. The Labute approximate surface area is 169 Å². The first-order valence-corrected chi connectivity index (χ1v) is 8.83. The molecule has 3 heterocycles. The first kappa shape index (κ1) is 19.6. The second-order valence-electron chi connectivity index (χ2n) is 6.09. The lowest BCUT2D eigenvalue weighted by molar-refractivity contribution is 0.875. The third-order valence-corrected chi connectivity index (χ3v) is 4.15. The summed E-state index contributed by atoms with van der Waals surface area (Å²) in [5.41, 5.74) is 16.7. The van der Waals surface area contributed by atoms with E-state index < -0.39 is 0 Å². The lowest BCUT2D eigenvalue weighted by Crippen LogP contribution is -2.26. The second-order valence-corrected chi connectivity index (χ2v) is 6.09. The van der Waals surface area contributed by atoms with Crippen molar-refractivity contribution in [3.63, 3.8) is 0 Å². The van der Waals surface area contributed by atoms with E-state index >= 15 is 0 Å². The smallest absolute Gasteiger partial charge is 0.132 e. The van der Waals surface area contributed by atoms with Crippen molar-refractivity contribution in [1.82, 2.24) is 15.6 Å². The standard InChI is InChI=1S/C21H22N8/c1-25-12-17(11-23)16-8-19-18(27-13-16)2-3-21(28-19)29-20(24)9-15(10-22)14-4-6-26-7-5-14/h2-13,22,27-28H,23H2,1H3,(H2,24,29). The average Bonchev–Trinajstić information content (AvgIpc) is 2.76. The van der Waals surface area contributed by atoms with E-state index in [1.165, 1.54) is 12.4 Å². The van der Waals surface area contributed by atoms with Crippen molar-refractivity contribution in [2.45, 2.75) is 0 Å². The zero-order valence-corrected chi connectivity index (χ0v) is 15.9. The molecule has 2 aliphatic heterocycles. The molecule has 146 valence electrons. The van der Waals surface area contributed by atoms with Gasteiger partial charge in [-0.1, -0.05) is 0 Å². The number of fused-ring (bicyclic) bond motifs is 1. The Morgan fingerprint density at radius 3 is 2.66 bits per heavy atom. The van der Waals surface area contributed by atoms with Gasteiger partial charge in [-0.15, -0.1) is 0 Å². The van der Waals surface area contributed by atoms with Gasteiger partial charge < -0.3 is 27.5 Å². The summed E-state index contributed by atoms with van der Waals surface area (Å²) >= 11 is 0. The first-order valence-electron chi connectivity index (χ1n) is 8.83. The summed E-state index contributed by atoms with van der Waals surface area (Å²) in [5.74, 6) is 0.856. The monoisotopic (exact) mass is 386 g/mol. The lowest BCUT2D eigenvalue weighted by atomic mass is 10.0. The quantitative estimate of drug-likeness (QED) is 0.374. The fourth-order valence-electron chi connectivity index (χ4n) is 2.76. The second kappa shape index (κ2) is 9.14. The molecule has 1 aromatic rings. The van der Waals surface area contributed by atoms with Crippen LogP contribution in [0.5, 0.6) is 0 Å². The van der Waals surface area contributed by atoms with Crippen molar-refractivity contribution >= 4 is 23.8 Å². The number of rotatable bonds is 6. The summed E-state index contributed by atoms with van der Waals surface area (Å²) < 4.78 is 0. The van der Waals surface area contributed by atoms with E-state index in [2.05, 4.69) is 25.6 Å². The molecule has 2 aliphatic rings. The molecular weight excluding hydrogens is 364 g/mol. The maximum Gasteiger partial charge on any atom is 0.132 e. The van der Waals surface area contributed by atoms with Gasteiger partial charge in [0.2, 0.25) is 0 Å². The van der Waals surface area contributed by atoms with Gasteiger partial charge in [-0.2, -0.15) is 0 Å². The molecule has 0 bridgehead atoms. The van der Waals surface area contributed by atoms with E-state index in [0.717, 1.165) is 28.1 Å². The molecule has 0 spiro atoms. The molecule has 29 heavy (non-hydrogen) atoms. The number of aliphatic imine (C=N–C) groups is 2. The number of dihydropyridines is 2. The largest absolute Gasteiger partial charge is 0.404 e. The minimum atomic E-state index is 0.275. The van der Waals surface area contributed by atoms with E-state index in [4.69, 9.17) is 16.9 Å². The van der Waals surface area contributed by atoms with Crippen LogP contribution in [0, 0.1) is 5.41 Å². The van der Waals surface area contributed by atoms with Crippen molar-refractivity contribution < 1.29 is 0 Å². The van der Waals surface area contributed by atoms with Gasteiger partial charge in [-0.25, -0.2) is 4.99 Å². The van der Waals surface area contributed by atoms with Gasteiger partial charge in [0.05, 0.1) is 11.4 Å². The number of pyridine rings is 1. The number of aromatic nitrogens is 1. The number of allylic oxidation sites excluding steroid dienone is 6. The van der Waals surface area contributed by atoms with Crippen molar-refractivity contribution in [1.29, 1.82) is 5.41 Å². The Bertz CT molecular complexity index is 1030. The van der Waals surface area contributed by atoms with Crippen molar-refractivity contribution in [2.24, 2.45) is 21.5 Å². The van der Waals surface area contributed by atoms with Crippen LogP contribution in [0.25, 0.3) is 5.57 Å². The minimum Gasteiger partial charge on any atom is -0.404 e. The molecule has 1 aromatic heterocycles. The number of nitrogens with two attached hydrogens (primary N) is 2. The fourth-order valence-corrected chi connectivity index (χ4v) is 2.76. The van der Waals surface area contributed by atoms with Crippen LogP contribution in [-0.4, -0.2) is 30.3 Å². The van der Waals surface area contributed by atoms with E-state index in [-0.39, 0.29) is 5.84 Å². The van der Waals surface area contributed by atoms with Crippen LogP contribution < -0.4 is 22.1 Å². The van der Waals surface area contributed by atoms with Gasteiger partial charge in [-0.05, 0) is 42.0 Å². The molecule has 3 rings (SSSR count). The molecule has 8 heteroatoms. The van der Waals surface area contributed by atoms with Crippen LogP contribution >= 0.6 is 0 Å². The molecule has 0 amide bonds. The summed E-state index contributed by atoms with van der Waals surface area (Å²) in [6.45, 7) is 0. The van der Waals surface area contributed by atoms with E-state index in [1.807, 2.05) is 36.6 Å². The number of nitrogens with one attached hydrogen (secondary N) is 3. The van der Waals surface area contributed by atoms with E-state index in [9.17, 15) is 0 Å². The Morgan fingerprint density at radius 1 is 1.17 bits per heavy atom. The molecule has 0 atom stereocenters. The SMILES string of the molecule is CN=CC(=CN)C1=CNC2=CC=C(N=C(N)C=C(C=N)c3ccncc3)NC2=C1. The van der Waals surface area contributed by atoms with Gasteiger partial charge in [0.25, 0.3) is 0 Å². The van der Waals surface area contributed by atoms with Crippen LogP contribution in [0.1, 0.15) is 5.56 Å². The first-order chi connectivity index (χ1) is 14.1. The highest BCUT2D eigenvalue weighted by atomic mass is 15.1. The van der Waals surface area contributed by atoms with Crippen molar-refractivity contribution in [3.8, 4) is 0 Å². The number of amidine groups is 1. The predicted octanol–water partition coefficient (Wildman–Crippen LogP) is 1.71. The predicted molar refractivity (Wildman–Crippen MR) is 118 cm³/mol. The van der Waals surface area contributed by atoms with Crippen LogP contribution in [0.15, 0.2) is 99.6 Å². The van der Waals surface area contributed by atoms with Gasteiger partial charge in [-0.3, -0.25) is 9.98 Å². The average molecular weight is 386 g/mol. The van der Waals surface area contributed by atoms with Crippen LogP contribution in [-0.2, 0) is 0 Å². The zero-order valence-electron chi connectivity index (χ0n) is 15.9. The highest BCUT2D eigenvalue weighted by molar-refractivity contribution is 6.15. The minimum absolute atomic E-state index is 0.275. The number of hydrogen-bond acceptors (Lipinski definition) is 7. The van der Waals surface area contributed by atoms with Gasteiger partial charge in [0, 0.05) is 61.0 Å². The molecule has 0 unspecified atom stereocenters. The topological polar surface area (TPSA) is 138 Å². The van der Waals surface area contributed by atoms with Gasteiger partial charge in [0.15, 0.2) is 0 Å². The maximum absolute atomic E-state index is 7.63.